The highest BCUT2D eigenvalue weighted by Crippen LogP contribution is 2.49. The third-order valence-electron chi connectivity index (χ3n) is 6.11. The molecule has 24 heavy (non-hydrogen) atoms. The predicted molar refractivity (Wildman–Crippen MR) is 95.9 cm³/mol. The standard InChI is InChI=1S/C20H30N2O2/c1-15-4-5-17(12-16(15)2)13-22-10-8-20(9-11-22)7-6-18(20)21-19(23)14-24-3/h4-5,12,18H,6-11,13-14H2,1-3H3,(H,21,23). The summed E-state index contributed by atoms with van der Waals surface area (Å²) < 4.78 is 4.93. The molecule has 0 aromatic heterocycles. The van der Waals surface area contributed by atoms with E-state index >= 15 is 0 Å². The number of carbonyl (C=O) groups excluding carboxylic acids is 1. The summed E-state index contributed by atoms with van der Waals surface area (Å²) in [4.78, 5) is 14.3. The Morgan fingerprint density at radius 2 is 2.00 bits per heavy atom. The maximum Gasteiger partial charge on any atom is 0.246 e. The summed E-state index contributed by atoms with van der Waals surface area (Å²) in [5.41, 5.74) is 4.48. The Hall–Kier alpha value is -1.39. The average Bonchev–Trinajstić information content (AvgIpc) is 2.56. The van der Waals surface area contributed by atoms with Gasteiger partial charge in [0.2, 0.25) is 5.91 Å². The van der Waals surface area contributed by atoms with E-state index in [1.54, 1.807) is 7.11 Å². The Kier molecular flexibility index (Phi) is 5.26. The molecule has 1 aliphatic heterocycles. The first kappa shape index (κ1) is 17.4. The van der Waals surface area contributed by atoms with Gasteiger partial charge < -0.3 is 10.1 Å². The number of amides is 1. The molecule has 1 heterocycles. The fourth-order valence-electron chi connectivity index (χ4n) is 4.20. The molecule has 1 aliphatic carbocycles. The number of hydrogen-bond acceptors (Lipinski definition) is 3. The second kappa shape index (κ2) is 7.24. The number of nitrogens with one attached hydrogen (secondary N) is 1. The Balaban J connectivity index is 1.52. The molecular weight excluding hydrogens is 300 g/mol. The Bertz CT molecular complexity index is 591. The topological polar surface area (TPSA) is 41.6 Å². The lowest BCUT2D eigenvalue weighted by Gasteiger charge is -2.54. The first-order valence-electron chi connectivity index (χ1n) is 9.09. The van der Waals surface area contributed by atoms with Crippen molar-refractivity contribution in [1.29, 1.82) is 0 Å². The van der Waals surface area contributed by atoms with E-state index in [1.807, 2.05) is 0 Å². The molecule has 2 aliphatic rings. The lowest BCUT2D eigenvalue weighted by molar-refractivity contribution is -0.129. The lowest BCUT2D eigenvalue weighted by Crippen LogP contribution is -2.59. The normalized spacial score (nSPS) is 23.0. The largest absolute Gasteiger partial charge is 0.375 e. The van der Waals surface area contributed by atoms with Crippen LogP contribution in [-0.4, -0.2) is 43.7 Å². The molecule has 1 unspecified atom stereocenters. The smallest absolute Gasteiger partial charge is 0.246 e. The van der Waals surface area contributed by atoms with Crippen molar-refractivity contribution in [3.05, 3.63) is 34.9 Å². The lowest BCUT2D eigenvalue weighted by atomic mass is 9.59. The molecule has 1 atom stereocenters. The fraction of sp³-hybridized carbons (Fsp3) is 0.650. The number of hydrogen-bond donors (Lipinski definition) is 1. The number of ether oxygens (including phenoxy) is 1. The van der Waals surface area contributed by atoms with Crippen LogP contribution in [0.1, 0.15) is 42.4 Å². The number of benzene rings is 1. The fourth-order valence-corrected chi connectivity index (χ4v) is 4.20. The Morgan fingerprint density at radius 1 is 1.25 bits per heavy atom. The van der Waals surface area contributed by atoms with Gasteiger partial charge in [-0.05, 0) is 74.7 Å². The third-order valence-corrected chi connectivity index (χ3v) is 6.11. The van der Waals surface area contributed by atoms with Gasteiger partial charge in [0.25, 0.3) is 0 Å². The summed E-state index contributed by atoms with van der Waals surface area (Å²) in [6.45, 7) is 7.82. The first-order valence-corrected chi connectivity index (χ1v) is 9.09. The van der Waals surface area contributed by atoms with Crippen LogP contribution in [0.5, 0.6) is 0 Å². The van der Waals surface area contributed by atoms with Crippen molar-refractivity contribution in [1.82, 2.24) is 10.2 Å². The highest BCUT2D eigenvalue weighted by molar-refractivity contribution is 5.77. The van der Waals surface area contributed by atoms with Crippen molar-refractivity contribution in [3.8, 4) is 0 Å². The maximum atomic E-state index is 11.8. The van der Waals surface area contributed by atoms with E-state index in [4.69, 9.17) is 4.74 Å². The van der Waals surface area contributed by atoms with Crippen molar-refractivity contribution in [2.75, 3.05) is 26.8 Å². The molecule has 1 saturated heterocycles. The minimum Gasteiger partial charge on any atom is -0.375 e. The molecule has 1 aromatic rings. The highest BCUT2D eigenvalue weighted by Gasteiger charge is 2.48. The minimum absolute atomic E-state index is 0.0270. The van der Waals surface area contributed by atoms with E-state index in [-0.39, 0.29) is 12.5 Å². The maximum absolute atomic E-state index is 11.8. The van der Waals surface area contributed by atoms with Crippen LogP contribution in [0.25, 0.3) is 0 Å². The molecule has 1 N–H and O–H groups in total. The van der Waals surface area contributed by atoms with E-state index in [2.05, 4.69) is 42.3 Å². The van der Waals surface area contributed by atoms with Gasteiger partial charge in [-0.15, -0.1) is 0 Å². The zero-order valence-electron chi connectivity index (χ0n) is 15.2. The summed E-state index contributed by atoms with van der Waals surface area (Å²) in [5.74, 6) is 0.0270. The summed E-state index contributed by atoms with van der Waals surface area (Å²) >= 11 is 0. The quantitative estimate of drug-likeness (QED) is 0.903. The van der Waals surface area contributed by atoms with E-state index in [0.29, 0.717) is 11.5 Å². The van der Waals surface area contributed by atoms with Crippen LogP contribution in [0.2, 0.25) is 0 Å². The molecule has 132 valence electrons. The van der Waals surface area contributed by atoms with Gasteiger partial charge in [0.1, 0.15) is 6.61 Å². The number of methoxy groups -OCH3 is 1. The van der Waals surface area contributed by atoms with Crippen LogP contribution in [0.15, 0.2) is 18.2 Å². The average molecular weight is 330 g/mol. The molecule has 1 saturated carbocycles. The molecule has 2 fully saturated rings. The SMILES string of the molecule is COCC(=O)NC1CCC12CCN(Cc1ccc(C)c(C)c1)CC2. The zero-order chi connectivity index (χ0) is 17.2. The van der Waals surface area contributed by atoms with Gasteiger partial charge in [-0.25, -0.2) is 0 Å². The van der Waals surface area contributed by atoms with Gasteiger partial charge in [0.15, 0.2) is 0 Å². The Morgan fingerprint density at radius 3 is 2.58 bits per heavy atom. The van der Waals surface area contributed by atoms with E-state index in [0.717, 1.165) is 26.1 Å². The molecular formula is C20H30N2O2. The molecule has 4 nitrogen and oxygen atoms in total. The number of likely N-dealkylation sites (tertiary alicyclic amines) is 1. The molecule has 1 aromatic carbocycles. The van der Waals surface area contributed by atoms with Crippen LogP contribution in [0.3, 0.4) is 0 Å². The second-order valence-corrected chi connectivity index (χ2v) is 7.65. The van der Waals surface area contributed by atoms with E-state index in [1.165, 1.54) is 36.0 Å². The monoisotopic (exact) mass is 330 g/mol. The Labute approximate surface area is 145 Å². The van der Waals surface area contributed by atoms with Gasteiger partial charge in [0.05, 0.1) is 0 Å². The van der Waals surface area contributed by atoms with Gasteiger partial charge in [0, 0.05) is 19.7 Å². The molecule has 0 radical (unpaired) electrons. The third kappa shape index (κ3) is 3.65. The predicted octanol–water partition coefficient (Wildman–Crippen LogP) is 2.81. The van der Waals surface area contributed by atoms with E-state index < -0.39 is 0 Å². The van der Waals surface area contributed by atoms with Crippen LogP contribution in [-0.2, 0) is 16.1 Å². The number of nitrogens with zero attached hydrogens (tertiary/aromatic N) is 1. The zero-order valence-corrected chi connectivity index (χ0v) is 15.2. The summed E-state index contributed by atoms with van der Waals surface area (Å²) in [6.07, 6.45) is 4.75. The van der Waals surface area contributed by atoms with Crippen LogP contribution >= 0.6 is 0 Å². The molecule has 3 rings (SSSR count). The number of carbonyl (C=O) groups is 1. The molecule has 0 bridgehead atoms. The van der Waals surface area contributed by atoms with Gasteiger partial charge >= 0.3 is 0 Å². The molecule has 4 heteroatoms. The number of piperidine rings is 1. The van der Waals surface area contributed by atoms with Crippen molar-refractivity contribution in [2.24, 2.45) is 5.41 Å². The van der Waals surface area contributed by atoms with Crippen molar-refractivity contribution in [3.63, 3.8) is 0 Å². The first-order chi connectivity index (χ1) is 11.5. The highest BCUT2D eigenvalue weighted by atomic mass is 16.5. The van der Waals surface area contributed by atoms with E-state index in [9.17, 15) is 4.79 Å². The van der Waals surface area contributed by atoms with Crippen LogP contribution in [0, 0.1) is 19.3 Å². The second-order valence-electron chi connectivity index (χ2n) is 7.65. The van der Waals surface area contributed by atoms with Crippen molar-refractivity contribution < 1.29 is 9.53 Å². The van der Waals surface area contributed by atoms with Crippen LogP contribution in [0.4, 0.5) is 0 Å². The minimum atomic E-state index is 0.0270. The van der Waals surface area contributed by atoms with Gasteiger partial charge in [-0.3, -0.25) is 9.69 Å². The van der Waals surface area contributed by atoms with Crippen LogP contribution < -0.4 is 5.32 Å². The van der Waals surface area contributed by atoms with Crippen molar-refractivity contribution >= 4 is 5.91 Å². The summed E-state index contributed by atoms with van der Waals surface area (Å²) in [6, 6.07) is 7.15. The molecule has 1 amide bonds. The molecule has 1 spiro atoms. The van der Waals surface area contributed by atoms with Gasteiger partial charge in [-0.1, -0.05) is 18.2 Å². The number of rotatable bonds is 5. The summed E-state index contributed by atoms with van der Waals surface area (Å²) in [7, 11) is 1.57. The summed E-state index contributed by atoms with van der Waals surface area (Å²) in [5, 5.41) is 3.17. The number of aryl methyl sites for hydroxylation is 2. The van der Waals surface area contributed by atoms with Gasteiger partial charge in [-0.2, -0.15) is 0 Å². The van der Waals surface area contributed by atoms with Crippen molar-refractivity contribution in [2.45, 2.75) is 52.1 Å².